The molecular weight excluding hydrogens is 182 g/mol. The lowest BCUT2D eigenvalue weighted by molar-refractivity contribution is 0.0193. The molecular formula is C10H19NOS. The van der Waals surface area contributed by atoms with Crippen LogP contribution in [0.4, 0.5) is 0 Å². The second kappa shape index (κ2) is 3.21. The van der Waals surface area contributed by atoms with Crippen LogP contribution in [0.2, 0.25) is 0 Å². The van der Waals surface area contributed by atoms with Gasteiger partial charge in [0.05, 0.1) is 17.0 Å². The van der Waals surface area contributed by atoms with Gasteiger partial charge in [0.2, 0.25) is 0 Å². The summed E-state index contributed by atoms with van der Waals surface area (Å²) in [5.41, 5.74) is 0.179. The Labute approximate surface area is 85.9 Å². The van der Waals surface area contributed by atoms with Crippen LogP contribution < -0.4 is 0 Å². The van der Waals surface area contributed by atoms with E-state index in [1.807, 2.05) is 14.0 Å². The van der Waals surface area contributed by atoms with Gasteiger partial charge < -0.3 is 10.0 Å². The summed E-state index contributed by atoms with van der Waals surface area (Å²) in [4.78, 5) is 3.00. The van der Waals surface area contributed by atoms with Crippen molar-refractivity contribution < 1.29 is 5.11 Å². The smallest absolute Gasteiger partial charge is 0.0858 e. The highest BCUT2D eigenvalue weighted by molar-refractivity contribution is 7.80. The second-order valence-corrected chi connectivity index (χ2v) is 5.44. The maximum atomic E-state index is 9.58. The number of hydrogen-bond donors (Lipinski definition) is 1. The summed E-state index contributed by atoms with van der Waals surface area (Å²) in [5, 5.41) is 9.58. The molecule has 1 aliphatic heterocycles. The molecule has 0 spiro atoms. The summed E-state index contributed by atoms with van der Waals surface area (Å²) in [6, 6.07) is 0.375. The fourth-order valence-electron chi connectivity index (χ4n) is 2.26. The molecule has 3 heteroatoms. The van der Waals surface area contributed by atoms with Gasteiger partial charge in [0.1, 0.15) is 0 Å². The van der Waals surface area contributed by atoms with Gasteiger partial charge in [-0.15, -0.1) is 0 Å². The third kappa shape index (κ3) is 1.72. The van der Waals surface area contributed by atoms with Crippen LogP contribution in [-0.4, -0.2) is 34.2 Å². The Morgan fingerprint density at radius 2 is 1.92 bits per heavy atom. The van der Waals surface area contributed by atoms with E-state index in [1.54, 1.807) is 0 Å². The van der Waals surface area contributed by atoms with Gasteiger partial charge >= 0.3 is 0 Å². The maximum absolute atomic E-state index is 9.58. The Hall–Kier alpha value is -0.150. The first-order valence-electron chi connectivity index (χ1n) is 4.71. The summed E-state index contributed by atoms with van der Waals surface area (Å²) >= 11 is 5.22. The predicted octanol–water partition coefficient (Wildman–Crippen LogP) is 1.67. The Morgan fingerprint density at radius 3 is 2.15 bits per heavy atom. The molecule has 1 unspecified atom stereocenters. The monoisotopic (exact) mass is 201 g/mol. The number of rotatable bonds is 1. The number of nitrogens with zero attached hydrogens (tertiary/aromatic N) is 1. The summed E-state index contributed by atoms with van der Waals surface area (Å²) in [6.45, 7) is 8.38. The molecule has 0 radical (unpaired) electrons. The third-order valence-electron chi connectivity index (χ3n) is 2.80. The molecule has 1 aliphatic rings. The van der Waals surface area contributed by atoms with Crippen molar-refractivity contribution in [1.82, 2.24) is 4.90 Å². The molecule has 0 aromatic heterocycles. The normalized spacial score (nSPS) is 31.5. The summed E-state index contributed by atoms with van der Waals surface area (Å²) in [7, 11) is 2.01. The van der Waals surface area contributed by atoms with Crippen molar-refractivity contribution in [2.75, 3.05) is 7.05 Å². The molecule has 1 heterocycles. The molecule has 0 aromatic rings. The van der Waals surface area contributed by atoms with E-state index in [4.69, 9.17) is 12.2 Å². The minimum atomic E-state index is -0.326. The molecule has 0 aliphatic carbocycles. The van der Waals surface area contributed by atoms with Gasteiger partial charge in [-0.3, -0.25) is 0 Å². The molecule has 13 heavy (non-hydrogen) atoms. The van der Waals surface area contributed by atoms with Crippen molar-refractivity contribution in [2.24, 2.45) is 11.3 Å². The molecule has 1 rings (SSSR count). The van der Waals surface area contributed by atoms with Crippen LogP contribution in [0.5, 0.6) is 0 Å². The minimum absolute atomic E-state index is 0.167. The number of aliphatic hydroxyl groups excluding tert-OH is 1. The summed E-state index contributed by atoms with van der Waals surface area (Å²) in [5.74, 6) is 0.167. The summed E-state index contributed by atoms with van der Waals surface area (Å²) in [6.07, 6.45) is -0.326. The summed E-state index contributed by atoms with van der Waals surface area (Å²) < 4.78 is 0. The molecule has 3 atom stereocenters. The first-order valence-corrected chi connectivity index (χ1v) is 5.12. The van der Waals surface area contributed by atoms with Gasteiger partial charge in [0.15, 0.2) is 0 Å². The van der Waals surface area contributed by atoms with E-state index in [9.17, 15) is 5.11 Å². The van der Waals surface area contributed by atoms with E-state index in [1.165, 1.54) is 0 Å². The molecule has 2 nitrogen and oxygen atoms in total. The zero-order valence-corrected chi connectivity index (χ0v) is 9.85. The molecule has 0 saturated carbocycles. The van der Waals surface area contributed by atoms with Gasteiger partial charge in [-0.25, -0.2) is 0 Å². The number of likely N-dealkylation sites (tertiary alicyclic amines) is 1. The Balaban J connectivity index is 2.81. The highest BCUT2D eigenvalue weighted by atomic mass is 32.1. The molecule has 1 fully saturated rings. The Kier molecular flexibility index (Phi) is 2.70. The SMILES string of the molecule is CC(O)[C@@H]1C(=S)N(C)[C@H]1C(C)(C)C. The lowest BCUT2D eigenvalue weighted by atomic mass is 9.70. The number of aliphatic hydroxyl groups is 1. The molecule has 0 aromatic carbocycles. The van der Waals surface area contributed by atoms with Gasteiger partial charge in [-0.05, 0) is 12.3 Å². The Morgan fingerprint density at radius 1 is 1.46 bits per heavy atom. The fraction of sp³-hybridized carbons (Fsp3) is 0.900. The minimum Gasteiger partial charge on any atom is -0.393 e. The molecule has 76 valence electrons. The topological polar surface area (TPSA) is 23.5 Å². The first kappa shape index (κ1) is 10.9. The molecule has 1 N–H and O–H groups in total. The van der Waals surface area contributed by atoms with Crippen LogP contribution >= 0.6 is 12.2 Å². The van der Waals surface area contributed by atoms with E-state index >= 15 is 0 Å². The van der Waals surface area contributed by atoms with E-state index in [2.05, 4.69) is 25.7 Å². The van der Waals surface area contributed by atoms with E-state index in [0.717, 1.165) is 4.99 Å². The maximum Gasteiger partial charge on any atom is 0.0858 e. The lowest BCUT2D eigenvalue weighted by Gasteiger charge is -2.55. The van der Waals surface area contributed by atoms with Crippen molar-refractivity contribution in [2.45, 2.75) is 39.8 Å². The molecule has 0 bridgehead atoms. The van der Waals surface area contributed by atoms with Crippen molar-refractivity contribution in [1.29, 1.82) is 0 Å². The molecule has 0 amide bonds. The number of thiocarbonyl (C=S) groups is 1. The largest absolute Gasteiger partial charge is 0.393 e. The second-order valence-electron chi connectivity index (χ2n) is 5.03. The fourth-order valence-corrected chi connectivity index (χ4v) is 2.70. The standard InChI is InChI=1S/C10H19NOS/c1-6(12)7-8(10(2,3)4)11(5)9(7)13/h6-8,12H,1-5H3/t6?,7-,8+/m0/s1. The van der Waals surface area contributed by atoms with Crippen LogP contribution in [0.15, 0.2) is 0 Å². The van der Waals surface area contributed by atoms with E-state index < -0.39 is 0 Å². The van der Waals surface area contributed by atoms with Gasteiger partial charge in [0.25, 0.3) is 0 Å². The highest BCUT2D eigenvalue weighted by Gasteiger charge is 2.49. The zero-order chi connectivity index (χ0) is 10.4. The lowest BCUT2D eigenvalue weighted by Crippen LogP contribution is -2.66. The van der Waals surface area contributed by atoms with Crippen LogP contribution in [0.25, 0.3) is 0 Å². The van der Waals surface area contributed by atoms with Gasteiger partial charge in [-0.2, -0.15) is 0 Å². The highest BCUT2D eigenvalue weighted by Crippen LogP contribution is 2.40. The Bertz CT molecular complexity index is 219. The van der Waals surface area contributed by atoms with Crippen LogP contribution in [0.3, 0.4) is 0 Å². The van der Waals surface area contributed by atoms with E-state index in [0.29, 0.717) is 6.04 Å². The zero-order valence-electron chi connectivity index (χ0n) is 9.03. The van der Waals surface area contributed by atoms with Crippen molar-refractivity contribution in [3.05, 3.63) is 0 Å². The quantitative estimate of drug-likeness (QED) is 0.653. The van der Waals surface area contributed by atoms with Crippen molar-refractivity contribution in [3.63, 3.8) is 0 Å². The first-order chi connectivity index (χ1) is 5.76. The average Bonchev–Trinajstić information content (AvgIpc) is 1.94. The van der Waals surface area contributed by atoms with Gasteiger partial charge in [0, 0.05) is 13.1 Å². The number of hydrogen-bond acceptors (Lipinski definition) is 2. The van der Waals surface area contributed by atoms with Crippen molar-refractivity contribution in [3.8, 4) is 0 Å². The predicted molar refractivity (Wildman–Crippen MR) is 58.8 cm³/mol. The van der Waals surface area contributed by atoms with Gasteiger partial charge in [-0.1, -0.05) is 33.0 Å². The van der Waals surface area contributed by atoms with Crippen molar-refractivity contribution >= 4 is 17.2 Å². The third-order valence-corrected chi connectivity index (χ3v) is 3.36. The van der Waals surface area contributed by atoms with Crippen LogP contribution in [0.1, 0.15) is 27.7 Å². The average molecular weight is 201 g/mol. The van der Waals surface area contributed by atoms with Crippen LogP contribution in [0, 0.1) is 11.3 Å². The molecule has 1 saturated heterocycles. The van der Waals surface area contributed by atoms with E-state index in [-0.39, 0.29) is 17.4 Å². The van der Waals surface area contributed by atoms with Crippen LogP contribution in [-0.2, 0) is 0 Å².